The number of amides is 2. The van der Waals surface area contributed by atoms with E-state index in [1.807, 2.05) is 13.0 Å². The topological polar surface area (TPSA) is 82.8 Å². The van der Waals surface area contributed by atoms with Crippen molar-refractivity contribution in [3.8, 4) is 0 Å². The van der Waals surface area contributed by atoms with Gasteiger partial charge in [0.15, 0.2) is 0 Å². The van der Waals surface area contributed by atoms with Crippen molar-refractivity contribution in [2.24, 2.45) is 5.41 Å². The van der Waals surface area contributed by atoms with Gasteiger partial charge < -0.3 is 19.7 Å². The van der Waals surface area contributed by atoms with Gasteiger partial charge in [-0.05, 0) is 31.9 Å². The first kappa shape index (κ1) is 13.5. The summed E-state index contributed by atoms with van der Waals surface area (Å²) in [5, 5.41) is 11.9. The molecule has 2 amide bonds. The molecular weight excluding hydrogens is 248 g/mol. The fourth-order valence-electron chi connectivity index (χ4n) is 2.16. The average Bonchev–Trinajstić information content (AvgIpc) is 2.94. The van der Waals surface area contributed by atoms with E-state index in [9.17, 15) is 9.59 Å². The summed E-state index contributed by atoms with van der Waals surface area (Å²) in [5.41, 5.74) is 0.148. The molecule has 1 aliphatic rings. The second-order valence-electron chi connectivity index (χ2n) is 5.22. The average molecular weight is 266 g/mol. The minimum absolute atomic E-state index is 0.241. The Hall–Kier alpha value is -1.98. The fourth-order valence-corrected chi connectivity index (χ4v) is 2.16. The van der Waals surface area contributed by atoms with E-state index in [2.05, 4.69) is 5.32 Å². The highest BCUT2D eigenvalue weighted by molar-refractivity contribution is 5.79. The van der Waals surface area contributed by atoms with E-state index in [1.165, 1.54) is 4.90 Å². The smallest absolute Gasteiger partial charge is 0.317 e. The number of aryl methyl sites for hydroxylation is 1. The van der Waals surface area contributed by atoms with Crippen LogP contribution in [0, 0.1) is 12.3 Å². The normalized spacial score (nSPS) is 22.5. The number of carboxylic acids is 1. The second kappa shape index (κ2) is 4.95. The van der Waals surface area contributed by atoms with Crippen molar-refractivity contribution >= 4 is 12.0 Å². The minimum Gasteiger partial charge on any atom is -0.481 e. The zero-order chi connectivity index (χ0) is 14.0. The van der Waals surface area contributed by atoms with E-state index in [-0.39, 0.29) is 12.6 Å². The van der Waals surface area contributed by atoms with Crippen LogP contribution >= 0.6 is 0 Å². The number of hydrogen-bond acceptors (Lipinski definition) is 3. The molecule has 1 atom stereocenters. The third-order valence-corrected chi connectivity index (χ3v) is 3.65. The van der Waals surface area contributed by atoms with Crippen molar-refractivity contribution < 1.29 is 19.1 Å². The third-order valence-electron chi connectivity index (χ3n) is 3.65. The maximum absolute atomic E-state index is 11.9. The molecule has 0 aromatic carbocycles. The van der Waals surface area contributed by atoms with Crippen molar-refractivity contribution in [3.63, 3.8) is 0 Å². The van der Waals surface area contributed by atoms with Gasteiger partial charge in [0.25, 0.3) is 0 Å². The predicted octanol–water partition coefficient (Wildman–Crippen LogP) is 1.59. The zero-order valence-corrected chi connectivity index (χ0v) is 11.1. The van der Waals surface area contributed by atoms with Gasteiger partial charge in [0.05, 0.1) is 18.2 Å². The van der Waals surface area contributed by atoms with Crippen molar-refractivity contribution in [1.82, 2.24) is 10.2 Å². The molecule has 1 saturated heterocycles. The molecule has 2 N–H and O–H groups in total. The Labute approximate surface area is 111 Å². The van der Waals surface area contributed by atoms with Crippen molar-refractivity contribution in [2.75, 3.05) is 13.1 Å². The molecule has 0 aliphatic carbocycles. The Morgan fingerprint density at radius 2 is 2.32 bits per heavy atom. The Morgan fingerprint density at radius 3 is 2.84 bits per heavy atom. The van der Waals surface area contributed by atoms with E-state index < -0.39 is 11.4 Å². The summed E-state index contributed by atoms with van der Waals surface area (Å²) in [4.78, 5) is 24.6. The largest absolute Gasteiger partial charge is 0.481 e. The Balaban J connectivity index is 1.89. The molecule has 1 unspecified atom stereocenters. The van der Waals surface area contributed by atoms with Crippen LogP contribution in [0.2, 0.25) is 0 Å². The summed E-state index contributed by atoms with van der Waals surface area (Å²) < 4.78 is 5.23. The van der Waals surface area contributed by atoms with Crippen LogP contribution in [0.1, 0.15) is 24.7 Å². The molecule has 0 spiro atoms. The van der Waals surface area contributed by atoms with E-state index >= 15 is 0 Å². The van der Waals surface area contributed by atoms with Crippen LogP contribution < -0.4 is 5.32 Å². The van der Waals surface area contributed by atoms with Gasteiger partial charge in [-0.15, -0.1) is 0 Å². The van der Waals surface area contributed by atoms with Crippen LogP contribution in [0.3, 0.4) is 0 Å². The number of nitrogens with one attached hydrogen (secondary N) is 1. The summed E-state index contributed by atoms with van der Waals surface area (Å²) >= 11 is 0. The van der Waals surface area contributed by atoms with E-state index in [0.29, 0.717) is 25.3 Å². The number of carboxylic acid groups (broad SMARTS) is 1. The third kappa shape index (κ3) is 2.72. The molecule has 1 aliphatic heterocycles. The SMILES string of the molecule is Cc1ccoc1CNC(=O)N1CCC(C)(C(=O)O)C1. The molecule has 1 aromatic rings. The van der Waals surface area contributed by atoms with E-state index in [1.54, 1.807) is 13.2 Å². The molecule has 0 radical (unpaired) electrons. The molecule has 1 aromatic heterocycles. The standard InChI is InChI=1S/C13H18N2O4/c1-9-3-6-19-10(9)7-14-12(18)15-5-4-13(2,8-15)11(16)17/h3,6H,4-5,7-8H2,1-2H3,(H,14,18)(H,16,17). The van der Waals surface area contributed by atoms with Gasteiger partial charge in [0, 0.05) is 13.1 Å². The zero-order valence-electron chi connectivity index (χ0n) is 11.1. The highest BCUT2D eigenvalue weighted by atomic mass is 16.4. The monoisotopic (exact) mass is 266 g/mol. The summed E-state index contributed by atoms with van der Waals surface area (Å²) in [6, 6.07) is 1.58. The summed E-state index contributed by atoms with van der Waals surface area (Å²) in [6.45, 7) is 4.59. The predicted molar refractivity (Wildman–Crippen MR) is 67.6 cm³/mol. The van der Waals surface area contributed by atoms with Gasteiger partial charge >= 0.3 is 12.0 Å². The summed E-state index contributed by atoms with van der Waals surface area (Å²) in [5.74, 6) is -0.141. The van der Waals surface area contributed by atoms with Gasteiger partial charge in [0.1, 0.15) is 5.76 Å². The molecule has 1 fully saturated rings. The first-order valence-corrected chi connectivity index (χ1v) is 6.21. The van der Waals surface area contributed by atoms with Gasteiger partial charge in [-0.3, -0.25) is 4.79 Å². The molecule has 6 nitrogen and oxygen atoms in total. The summed E-state index contributed by atoms with van der Waals surface area (Å²) in [6.07, 6.45) is 2.06. The lowest BCUT2D eigenvalue weighted by Gasteiger charge is -2.20. The number of carbonyl (C=O) groups is 2. The number of carbonyl (C=O) groups excluding carboxylic acids is 1. The minimum atomic E-state index is -0.857. The second-order valence-corrected chi connectivity index (χ2v) is 5.22. The highest BCUT2D eigenvalue weighted by Gasteiger charge is 2.42. The van der Waals surface area contributed by atoms with Gasteiger partial charge in [-0.1, -0.05) is 0 Å². The molecular formula is C13H18N2O4. The van der Waals surface area contributed by atoms with Gasteiger partial charge in [0.2, 0.25) is 0 Å². The maximum Gasteiger partial charge on any atom is 0.317 e. The van der Waals surface area contributed by atoms with E-state index in [0.717, 1.165) is 5.56 Å². The number of rotatable bonds is 3. The summed E-state index contributed by atoms with van der Waals surface area (Å²) in [7, 11) is 0. The number of hydrogen-bond donors (Lipinski definition) is 2. The van der Waals surface area contributed by atoms with Crippen molar-refractivity contribution in [3.05, 3.63) is 23.7 Å². The molecule has 2 rings (SSSR count). The lowest BCUT2D eigenvalue weighted by atomic mass is 9.90. The molecule has 2 heterocycles. The number of likely N-dealkylation sites (tertiary alicyclic amines) is 1. The Bertz CT molecular complexity index is 497. The first-order chi connectivity index (χ1) is 8.92. The van der Waals surface area contributed by atoms with E-state index in [4.69, 9.17) is 9.52 Å². The quantitative estimate of drug-likeness (QED) is 0.870. The Kier molecular flexibility index (Phi) is 3.50. The van der Waals surface area contributed by atoms with Gasteiger partial charge in [-0.2, -0.15) is 0 Å². The molecule has 0 saturated carbocycles. The van der Waals surface area contributed by atoms with Crippen LogP contribution in [0.5, 0.6) is 0 Å². The van der Waals surface area contributed by atoms with Crippen molar-refractivity contribution in [2.45, 2.75) is 26.8 Å². The molecule has 104 valence electrons. The van der Waals surface area contributed by atoms with Crippen LogP contribution in [0.4, 0.5) is 4.79 Å². The maximum atomic E-state index is 11.9. The van der Waals surface area contributed by atoms with Crippen LogP contribution in [-0.4, -0.2) is 35.1 Å². The molecule has 0 bridgehead atoms. The number of nitrogens with zero attached hydrogens (tertiary/aromatic N) is 1. The molecule has 19 heavy (non-hydrogen) atoms. The number of furan rings is 1. The van der Waals surface area contributed by atoms with Crippen molar-refractivity contribution in [1.29, 1.82) is 0 Å². The number of aliphatic carboxylic acids is 1. The lowest BCUT2D eigenvalue weighted by molar-refractivity contribution is -0.147. The van der Waals surface area contributed by atoms with Crippen LogP contribution in [-0.2, 0) is 11.3 Å². The first-order valence-electron chi connectivity index (χ1n) is 6.21. The Morgan fingerprint density at radius 1 is 1.58 bits per heavy atom. The lowest BCUT2D eigenvalue weighted by Crippen LogP contribution is -2.40. The highest BCUT2D eigenvalue weighted by Crippen LogP contribution is 2.29. The number of urea groups is 1. The van der Waals surface area contributed by atoms with Crippen LogP contribution in [0.15, 0.2) is 16.7 Å². The molecule has 6 heteroatoms. The fraction of sp³-hybridized carbons (Fsp3) is 0.538. The van der Waals surface area contributed by atoms with Crippen LogP contribution in [0.25, 0.3) is 0 Å². The van der Waals surface area contributed by atoms with Gasteiger partial charge in [-0.25, -0.2) is 4.79 Å².